The Balaban J connectivity index is 2.02. The first-order valence-electron chi connectivity index (χ1n) is 6.44. The monoisotopic (exact) mass is 260 g/mol. The quantitative estimate of drug-likeness (QED) is 0.843. The minimum atomic E-state index is -0.463. The van der Waals surface area contributed by atoms with Crippen LogP contribution in [-0.4, -0.2) is 47.6 Å². The molecule has 0 aliphatic carbocycles. The fraction of sp³-hybridized carbons (Fsp3) is 1.00. The number of rotatable bonds is 3. The summed E-state index contributed by atoms with van der Waals surface area (Å²) < 4.78 is 11.4. The van der Waals surface area contributed by atoms with Crippen LogP contribution in [0.25, 0.3) is 0 Å². The predicted molar refractivity (Wildman–Crippen MR) is 70.4 cm³/mol. The van der Waals surface area contributed by atoms with Gasteiger partial charge in [0.1, 0.15) is 0 Å². The van der Waals surface area contributed by atoms with Gasteiger partial charge in [-0.2, -0.15) is 11.8 Å². The second kappa shape index (κ2) is 5.08. The minimum absolute atomic E-state index is 0.0401. The average Bonchev–Trinajstić information content (AvgIpc) is 2.76. The van der Waals surface area contributed by atoms with Gasteiger partial charge in [0.25, 0.3) is 0 Å². The van der Waals surface area contributed by atoms with Crippen molar-refractivity contribution in [1.82, 2.24) is 0 Å². The Morgan fingerprint density at radius 1 is 1.53 bits per heavy atom. The molecule has 100 valence electrons. The topological polar surface area (TPSA) is 38.7 Å². The van der Waals surface area contributed by atoms with E-state index in [2.05, 4.69) is 0 Å². The SMILES string of the molecule is COC(C)(C)C(O)C1CCOC2(CCSC2)C1. The lowest BCUT2D eigenvalue weighted by atomic mass is 9.78. The van der Waals surface area contributed by atoms with Gasteiger partial charge in [0.15, 0.2) is 0 Å². The van der Waals surface area contributed by atoms with E-state index < -0.39 is 11.7 Å². The second-order valence-corrected chi connectivity index (χ2v) is 6.94. The summed E-state index contributed by atoms with van der Waals surface area (Å²) in [5.74, 6) is 2.58. The predicted octanol–water partition coefficient (Wildman–Crippen LogP) is 2.07. The highest BCUT2D eigenvalue weighted by Gasteiger charge is 2.45. The molecule has 3 nitrogen and oxygen atoms in total. The lowest BCUT2D eigenvalue weighted by molar-refractivity contribution is -0.149. The normalized spacial score (nSPS) is 36.4. The van der Waals surface area contributed by atoms with Crippen molar-refractivity contribution in [2.45, 2.75) is 50.4 Å². The zero-order valence-electron chi connectivity index (χ0n) is 11.1. The maximum atomic E-state index is 10.5. The molecule has 0 bridgehead atoms. The van der Waals surface area contributed by atoms with Crippen LogP contribution in [0.3, 0.4) is 0 Å². The summed E-state index contributed by atoms with van der Waals surface area (Å²) in [4.78, 5) is 0. The van der Waals surface area contributed by atoms with Crippen LogP contribution in [0.1, 0.15) is 33.1 Å². The number of aliphatic hydroxyl groups is 1. The standard InChI is InChI=1S/C13H24O3S/c1-12(2,15-3)11(14)10-4-6-16-13(8-10)5-7-17-9-13/h10-11,14H,4-9H2,1-3H3. The molecule has 0 aromatic rings. The second-order valence-electron chi connectivity index (χ2n) is 5.84. The van der Waals surface area contributed by atoms with E-state index in [0.29, 0.717) is 5.92 Å². The summed E-state index contributed by atoms with van der Waals surface area (Å²) in [7, 11) is 1.67. The maximum Gasteiger partial charge on any atom is 0.0883 e. The van der Waals surface area contributed by atoms with Crippen molar-refractivity contribution in [1.29, 1.82) is 0 Å². The van der Waals surface area contributed by atoms with Gasteiger partial charge in [0.2, 0.25) is 0 Å². The van der Waals surface area contributed by atoms with E-state index in [-0.39, 0.29) is 5.60 Å². The molecule has 0 radical (unpaired) electrons. The van der Waals surface area contributed by atoms with Crippen LogP contribution in [0.4, 0.5) is 0 Å². The van der Waals surface area contributed by atoms with Crippen molar-refractivity contribution in [3.63, 3.8) is 0 Å². The summed E-state index contributed by atoms with van der Waals surface area (Å²) in [6.45, 7) is 4.70. The fourth-order valence-corrected chi connectivity index (χ4v) is 4.27. The van der Waals surface area contributed by atoms with E-state index in [1.165, 1.54) is 5.75 Å². The summed E-state index contributed by atoms with van der Waals surface area (Å²) in [5.41, 5.74) is -0.423. The summed E-state index contributed by atoms with van der Waals surface area (Å²) >= 11 is 1.97. The number of ether oxygens (including phenoxy) is 2. The van der Waals surface area contributed by atoms with Gasteiger partial charge in [0, 0.05) is 19.5 Å². The highest BCUT2D eigenvalue weighted by Crippen LogP contribution is 2.42. The van der Waals surface area contributed by atoms with Crippen molar-refractivity contribution < 1.29 is 14.6 Å². The van der Waals surface area contributed by atoms with Crippen LogP contribution in [0.5, 0.6) is 0 Å². The molecular formula is C13H24O3S. The molecule has 2 aliphatic heterocycles. The van der Waals surface area contributed by atoms with E-state index in [9.17, 15) is 5.11 Å². The lowest BCUT2D eigenvalue weighted by Gasteiger charge is -2.43. The van der Waals surface area contributed by atoms with Crippen LogP contribution in [0, 0.1) is 5.92 Å². The molecule has 2 saturated heterocycles. The Morgan fingerprint density at radius 3 is 2.88 bits per heavy atom. The van der Waals surface area contributed by atoms with Gasteiger partial charge in [-0.05, 0) is 44.8 Å². The molecule has 2 aliphatic rings. The summed E-state index contributed by atoms with van der Waals surface area (Å²) in [6, 6.07) is 0. The number of hydrogen-bond acceptors (Lipinski definition) is 4. The molecule has 4 heteroatoms. The Bertz CT molecular complexity index is 261. The molecule has 0 aromatic heterocycles. The van der Waals surface area contributed by atoms with E-state index in [1.54, 1.807) is 7.11 Å². The van der Waals surface area contributed by atoms with Gasteiger partial charge in [-0.1, -0.05) is 0 Å². The zero-order valence-corrected chi connectivity index (χ0v) is 11.9. The van der Waals surface area contributed by atoms with Crippen LogP contribution >= 0.6 is 11.8 Å². The first-order valence-corrected chi connectivity index (χ1v) is 7.59. The largest absolute Gasteiger partial charge is 0.390 e. The Hall–Kier alpha value is 0.230. The van der Waals surface area contributed by atoms with Crippen molar-refractivity contribution in [3.05, 3.63) is 0 Å². The molecule has 0 saturated carbocycles. The molecule has 17 heavy (non-hydrogen) atoms. The zero-order chi connectivity index (χ0) is 12.5. The van der Waals surface area contributed by atoms with E-state index in [4.69, 9.17) is 9.47 Å². The summed E-state index contributed by atoms with van der Waals surface area (Å²) in [5, 5.41) is 10.5. The fourth-order valence-electron chi connectivity index (χ4n) is 2.89. The summed E-state index contributed by atoms with van der Waals surface area (Å²) in [6.07, 6.45) is 2.65. The molecular weight excluding hydrogens is 236 g/mol. The Morgan fingerprint density at radius 2 is 2.29 bits per heavy atom. The lowest BCUT2D eigenvalue weighted by Crippen LogP contribution is -2.49. The van der Waals surface area contributed by atoms with Crippen LogP contribution in [0.15, 0.2) is 0 Å². The van der Waals surface area contributed by atoms with E-state index in [0.717, 1.165) is 31.6 Å². The van der Waals surface area contributed by atoms with Crippen molar-refractivity contribution >= 4 is 11.8 Å². The molecule has 3 unspecified atom stereocenters. The first-order chi connectivity index (χ1) is 7.99. The molecule has 1 spiro atoms. The van der Waals surface area contributed by atoms with Gasteiger partial charge in [-0.3, -0.25) is 0 Å². The minimum Gasteiger partial charge on any atom is -0.390 e. The van der Waals surface area contributed by atoms with E-state index >= 15 is 0 Å². The first kappa shape index (κ1) is 13.7. The third kappa shape index (κ3) is 2.80. The van der Waals surface area contributed by atoms with Crippen molar-refractivity contribution in [2.24, 2.45) is 5.92 Å². The number of aliphatic hydroxyl groups excluding tert-OH is 1. The van der Waals surface area contributed by atoms with Crippen LogP contribution in [0.2, 0.25) is 0 Å². The van der Waals surface area contributed by atoms with Gasteiger partial charge in [0.05, 0.1) is 17.3 Å². The smallest absolute Gasteiger partial charge is 0.0883 e. The molecule has 2 fully saturated rings. The highest BCUT2D eigenvalue weighted by atomic mass is 32.2. The van der Waals surface area contributed by atoms with Gasteiger partial charge < -0.3 is 14.6 Å². The van der Waals surface area contributed by atoms with E-state index in [1.807, 2.05) is 25.6 Å². The highest BCUT2D eigenvalue weighted by molar-refractivity contribution is 7.99. The Labute approximate surface area is 108 Å². The van der Waals surface area contributed by atoms with Gasteiger partial charge in [-0.25, -0.2) is 0 Å². The number of methoxy groups -OCH3 is 1. The molecule has 2 rings (SSSR count). The molecule has 2 heterocycles. The third-order valence-corrected chi connectivity index (χ3v) is 5.51. The average molecular weight is 260 g/mol. The maximum absolute atomic E-state index is 10.5. The molecule has 0 amide bonds. The number of hydrogen-bond donors (Lipinski definition) is 1. The van der Waals surface area contributed by atoms with Crippen LogP contribution in [-0.2, 0) is 9.47 Å². The molecule has 3 atom stereocenters. The molecule has 1 N–H and O–H groups in total. The van der Waals surface area contributed by atoms with Crippen molar-refractivity contribution in [3.8, 4) is 0 Å². The number of thioether (sulfide) groups is 1. The third-order valence-electron chi connectivity index (χ3n) is 4.28. The Kier molecular flexibility index (Phi) is 4.08. The van der Waals surface area contributed by atoms with Gasteiger partial charge in [-0.15, -0.1) is 0 Å². The van der Waals surface area contributed by atoms with Gasteiger partial charge >= 0.3 is 0 Å². The molecule has 0 aromatic carbocycles. The van der Waals surface area contributed by atoms with Crippen molar-refractivity contribution in [2.75, 3.05) is 25.2 Å². The van der Waals surface area contributed by atoms with Crippen LogP contribution < -0.4 is 0 Å².